The van der Waals surface area contributed by atoms with Crippen LogP contribution >= 0.6 is 0 Å². The minimum atomic E-state index is -0.416. The van der Waals surface area contributed by atoms with Crippen molar-refractivity contribution in [1.29, 1.82) is 0 Å². The Morgan fingerprint density at radius 3 is 2.87 bits per heavy atom. The van der Waals surface area contributed by atoms with Crippen molar-refractivity contribution in [3.05, 3.63) is 39.4 Å². The largest absolute Gasteiger partial charge is 0.355 e. The van der Waals surface area contributed by atoms with Gasteiger partial charge in [-0.05, 0) is 17.5 Å². The quantitative estimate of drug-likeness (QED) is 0.546. The summed E-state index contributed by atoms with van der Waals surface area (Å²) in [5.74, 6) is -0.0254. The molecule has 1 heterocycles. The summed E-state index contributed by atoms with van der Waals surface area (Å²) in [6, 6.07) is 4.66. The van der Waals surface area contributed by atoms with Gasteiger partial charge in [0.25, 0.3) is 5.69 Å². The van der Waals surface area contributed by atoms with E-state index < -0.39 is 4.92 Å². The van der Waals surface area contributed by atoms with Crippen molar-refractivity contribution >= 4 is 11.6 Å². The van der Waals surface area contributed by atoms with Crippen LogP contribution in [0.1, 0.15) is 11.1 Å². The molecule has 1 amide bonds. The molecule has 0 unspecified atom stereocenters. The molecule has 1 N–H and O–H groups in total. The third-order valence-corrected chi connectivity index (χ3v) is 2.47. The number of carbonyl (C=O) groups is 1. The Bertz CT molecular complexity index is 429. The fraction of sp³-hybridized carbons (Fsp3) is 0.300. The lowest BCUT2D eigenvalue weighted by atomic mass is 10.0. The average Bonchev–Trinajstić information content (AvgIpc) is 2.37. The van der Waals surface area contributed by atoms with E-state index in [4.69, 9.17) is 0 Å². The Hall–Kier alpha value is -1.91. The zero-order valence-corrected chi connectivity index (χ0v) is 8.03. The summed E-state index contributed by atoms with van der Waals surface area (Å²) in [5.41, 5.74) is 1.86. The number of rotatable bonds is 1. The molecule has 1 aromatic rings. The number of nitrogens with zero attached hydrogens (tertiary/aromatic N) is 1. The van der Waals surface area contributed by atoms with Crippen molar-refractivity contribution < 1.29 is 9.72 Å². The number of hydrogen-bond acceptors (Lipinski definition) is 3. The van der Waals surface area contributed by atoms with Crippen molar-refractivity contribution in [2.75, 3.05) is 6.54 Å². The molecule has 0 saturated carbocycles. The third kappa shape index (κ3) is 1.96. The van der Waals surface area contributed by atoms with Crippen LogP contribution in [0.25, 0.3) is 0 Å². The molecule has 5 nitrogen and oxygen atoms in total. The van der Waals surface area contributed by atoms with Crippen LogP contribution in [0.4, 0.5) is 5.69 Å². The molecular weight excluding hydrogens is 196 g/mol. The number of amides is 1. The minimum absolute atomic E-state index is 0.0254. The maximum Gasteiger partial charge on any atom is 0.269 e. The summed E-state index contributed by atoms with van der Waals surface area (Å²) in [6.07, 6.45) is 0.968. The maximum absolute atomic E-state index is 11.2. The van der Waals surface area contributed by atoms with E-state index in [2.05, 4.69) is 5.32 Å². The van der Waals surface area contributed by atoms with Gasteiger partial charge in [-0.25, -0.2) is 0 Å². The van der Waals surface area contributed by atoms with Crippen LogP contribution in [0.15, 0.2) is 18.2 Å². The molecular formula is C10H10N2O3. The monoisotopic (exact) mass is 206 g/mol. The van der Waals surface area contributed by atoms with Crippen molar-refractivity contribution in [2.24, 2.45) is 0 Å². The standard InChI is InChI=1S/C10H10N2O3/c13-10-6-7-1-2-9(12(14)15)5-8(7)3-4-11-10/h1-2,5H,3-4,6H2,(H,11,13). The number of hydrogen-bond donors (Lipinski definition) is 1. The molecule has 2 rings (SSSR count). The lowest BCUT2D eigenvalue weighted by molar-refractivity contribution is -0.384. The van der Waals surface area contributed by atoms with Crippen molar-refractivity contribution in [1.82, 2.24) is 5.32 Å². The number of non-ortho nitro benzene ring substituents is 1. The van der Waals surface area contributed by atoms with Gasteiger partial charge in [-0.3, -0.25) is 14.9 Å². The van der Waals surface area contributed by atoms with E-state index in [0.717, 1.165) is 11.1 Å². The lowest BCUT2D eigenvalue weighted by Gasteiger charge is -2.02. The van der Waals surface area contributed by atoms with Crippen LogP contribution in [0.5, 0.6) is 0 Å². The highest BCUT2D eigenvalue weighted by atomic mass is 16.6. The highest BCUT2D eigenvalue weighted by Gasteiger charge is 2.15. The van der Waals surface area contributed by atoms with Crippen molar-refractivity contribution in [3.63, 3.8) is 0 Å². The zero-order valence-electron chi connectivity index (χ0n) is 8.03. The van der Waals surface area contributed by atoms with Gasteiger partial charge in [-0.2, -0.15) is 0 Å². The Labute approximate surface area is 86.2 Å². The highest BCUT2D eigenvalue weighted by Crippen LogP contribution is 2.20. The van der Waals surface area contributed by atoms with E-state index in [9.17, 15) is 14.9 Å². The van der Waals surface area contributed by atoms with Gasteiger partial charge >= 0.3 is 0 Å². The fourth-order valence-electron chi connectivity index (χ4n) is 1.70. The van der Waals surface area contributed by atoms with Crippen LogP contribution < -0.4 is 5.32 Å². The first-order chi connectivity index (χ1) is 7.16. The first-order valence-corrected chi connectivity index (χ1v) is 4.70. The minimum Gasteiger partial charge on any atom is -0.355 e. The summed E-state index contributed by atoms with van der Waals surface area (Å²) in [5, 5.41) is 13.3. The van der Waals surface area contributed by atoms with Gasteiger partial charge < -0.3 is 5.32 Å². The number of fused-ring (bicyclic) bond motifs is 1. The van der Waals surface area contributed by atoms with Gasteiger partial charge in [0.15, 0.2) is 0 Å². The number of nitro benzene ring substituents is 1. The van der Waals surface area contributed by atoms with Gasteiger partial charge in [0.2, 0.25) is 5.91 Å². The van der Waals surface area contributed by atoms with E-state index in [1.807, 2.05) is 0 Å². The molecule has 0 radical (unpaired) electrons. The van der Waals surface area contributed by atoms with E-state index in [0.29, 0.717) is 19.4 Å². The molecule has 15 heavy (non-hydrogen) atoms. The maximum atomic E-state index is 11.2. The SMILES string of the molecule is O=C1Cc2ccc([N+](=O)[O-])cc2CCN1. The second-order valence-electron chi connectivity index (χ2n) is 3.49. The Morgan fingerprint density at radius 2 is 2.13 bits per heavy atom. The Balaban J connectivity index is 2.40. The number of benzene rings is 1. The molecule has 0 saturated heterocycles. The average molecular weight is 206 g/mol. The molecule has 5 heteroatoms. The molecule has 1 aromatic carbocycles. The topological polar surface area (TPSA) is 72.2 Å². The Morgan fingerprint density at radius 1 is 1.33 bits per heavy atom. The molecule has 78 valence electrons. The molecule has 0 aromatic heterocycles. The first-order valence-electron chi connectivity index (χ1n) is 4.70. The second-order valence-corrected chi connectivity index (χ2v) is 3.49. The normalized spacial score (nSPS) is 15.1. The first kappa shape index (κ1) is 9.64. The van der Waals surface area contributed by atoms with E-state index in [1.165, 1.54) is 6.07 Å². The van der Waals surface area contributed by atoms with E-state index >= 15 is 0 Å². The molecule has 0 fully saturated rings. The fourth-order valence-corrected chi connectivity index (χ4v) is 1.70. The molecule has 0 aliphatic carbocycles. The summed E-state index contributed by atoms with van der Waals surface area (Å²) in [6.45, 7) is 0.549. The van der Waals surface area contributed by atoms with Gasteiger partial charge in [0.05, 0.1) is 11.3 Å². The zero-order chi connectivity index (χ0) is 10.8. The number of nitro groups is 1. The predicted molar refractivity (Wildman–Crippen MR) is 53.5 cm³/mol. The summed E-state index contributed by atoms with van der Waals surface area (Å²) >= 11 is 0. The van der Waals surface area contributed by atoms with Crippen LogP contribution in [-0.4, -0.2) is 17.4 Å². The van der Waals surface area contributed by atoms with Gasteiger partial charge in [0.1, 0.15) is 0 Å². The lowest BCUT2D eigenvalue weighted by Crippen LogP contribution is -2.24. The second kappa shape index (κ2) is 3.68. The summed E-state index contributed by atoms with van der Waals surface area (Å²) in [4.78, 5) is 21.4. The van der Waals surface area contributed by atoms with Crippen molar-refractivity contribution in [2.45, 2.75) is 12.8 Å². The van der Waals surface area contributed by atoms with E-state index in [1.54, 1.807) is 12.1 Å². The van der Waals surface area contributed by atoms with E-state index in [-0.39, 0.29) is 11.6 Å². The number of carbonyl (C=O) groups excluding carboxylic acids is 1. The predicted octanol–water partition coefficient (Wildman–Crippen LogP) is 0.810. The van der Waals surface area contributed by atoms with Crippen LogP contribution in [-0.2, 0) is 17.6 Å². The van der Waals surface area contributed by atoms with Crippen LogP contribution in [0.2, 0.25) is 0 Å². The summed E-state index contributed by atoms with van der Waals surface area (Å²) < 4.78 is 0. The summed E-state index contributed by atoms with van der Waals surface area (Å²) in [7, 11) is 0. The molecule has 0 bridgehead atoms. The molecule has 1 aliphatic heterocycles. The van der Waals surface area contributed by atoms with Gasteiger partial charge in [-0.1, -0.05) is 6.07 Å². The smallest absolute Gasteiger partial charge is 0.269 e. The van der Waals surface area contributed by atoms with Gasteiger partial charge in [0, 0.05) is 18.7 Å². The number of nitrogens with one attached hydrogen (secondary N) is 1. The molecule has 0 atom stereocenters. The third-order valence-electron chi connectivity index (χ3n) is 2.47. The highest BCUT2D eigenvalue weighted by molar-refractivity contribution is 5.79. The van der Waals surface area contributed by atoms with Crippen LogP contribution in [0, 0.1) is 10.1 Å². The molecule has 0 spiro atoms. The van der Waals surface area contributed by atoms with Crippen molar-refractivity contribution in [3.8, 4) is 0 Å². The van der Waals surface area contributed by atoms with Crippen LogP contribution in [0.3, 0.4) is 0 Å². The van der Waals surface area contributed by atoms with Gasteiger partial charge in [-0.15, -0.1) is 0 Å². The Kier molecular flexibility index (Phi) is 2.37. The molecule has 1 aliphatic rings.